The van der Waals surface area contributed by atoms with Crippen LogP contribution in [0.25, 0.3) is 6.08 Å². The van der Waals surface area contributed by atoms with Gasteiger partial charge < -0.3 is 9.84 Å². The van der Waals surface area contributed by atoms with Crippen LogP contribution in [0.15, 0.2) is 30.5 Å². The molecule has 0 aliphatic heterocycles. The van der Waals surface area contributed by atoms with Crippen molar-refractivity contribution in [3.05, 3.63) is 41.7 Å². The van der Waals surface area contributed by atoms with Gasteiger partial charge in [0.25, 0.3) is 0 Å². The van der Waals surface area contributed by atoms with Gasteiger partial charge in [0, 0.05) is 0 Å². The highest BCUT2D eigenvalue weighted by Gasteiger charge is 2.28. The van der Waals surface area contributed by atoms with Gasteiger partial charge in [0.05, 0.1) is 11.8 Å². The Hall–Kier alpha value is -1.98. The molecule has 0 radical (unpaired) electrons. The van der Waals surface area contributed by atoms with Crippen molar-refractivity contribution < 1.29 is 27.8 Å². The molecule has 3 nitrogen and oxygen atoms in total. The third-order valence-electron chi connectivity index (χ3n) is 1.62. The SMILES string of the molecule is O=C(O)c1ccc(C=COC(F)(F)F)cc1. The van der Waals surface area contributed by atoms with Gasteiger partial charge in [0.1, 0.15) is 0 Å². The highest BCUT2D eigenvalue weighted by Crippen LogP contribution is 2.17. The van der Waals surface area contributed by atoms with Crippen molar-refractivity contribution in [3.8, 4) is 0 Å². The van der Waals surface area contributed by atoms with E-state index >= 15 is 0 Å². The molecule has 1 aromatic carbocycles. The summed E-state index contributed by atoms with van der Waals surface area (Å²) in [6.45, 7) is 0. The predicted molar refractivity (Wildman–Crippen MR) is 49.6 cm³/mol. The molecule has 0 saturated carbocycles. The summed E-state index contributed by atoms with van der Waals surface area (Å²) in [5.41, 5.74) is 0.475. The van der Waals surface area contributed by atoms with Crippen molar-refractivity contribution in [1.29, 1.82) is 0 Å². The summed E-state index contributed by atoms with van der Waals surface area (Å²) in [6, 6.07) is 5.32. The Bertz CT molecular complexity index is 393. The molecule has 1 aromatic rings. The maximum Gasteiger partial charge on any atom is 0.572 e. The molecule has 0 fully saturated rings. The van der Waals surface area contributed by atoms with E-state index in [1.54, 1.807) is 0 Å². The number of carboxylic acid groups (broad SMARTS) is 1. The number of halogens is 3. The number of hydrogen-bond donors (Lipinski definition) is 1. The first-order chi connectivity index (χ1) is 7.38. The van der Waals surface area contributed by atoms with Gasteiger partial charge in [-0.05, 0) is 23.8 Å². The zero-order valence-electron chi connectivity index (χ0n) is 7.86. The van der Waals surface area contributed by atoms with Crippen molar-refractivity contribution in [2.75, 3.05) is 0 Å². The van der Waals surface area contributed by atoms with Crippen molar-refractivity contribution in [3.63, 3.8) is 0 Å². The number of hydrogen-bond acceptors (Lipinski definition) is 2. The molecule has 0 unspecified atom stereocenters. The fourth-order valence-corrected chi connectivity index (χ4v) is 0.927. The standard InChI is InChI=1S/C10H7F3O3/c11-10(12,13)16-6-5-7-1-3-8(4-2-7)9(14)15/h1-6H,(H,14,15). The summed E-state index contributed by atoms with van der Waals surface area (Å²) >= 11 is 0. The molecular weight excluding hydrogens is 225 g/mol. The minimum absolute atomic E-state index is 0.0638. The topological polar surface area (TPSA) is 46.5 Å². The molecule has 0 aliphatic carbocycles. The van der Waals surface area contributed by atoms with Crippen LogP contribution in [0.1, 0.15) is 15.9 Å². The lowest BCUT2D eigenvalue weighted by molar-refractivity contribution is -0.297. The fraction of sp³-hybridized carbons (Fsp3) is 0.100. The normalized spacial score (nSPS) is 11.7. The Morgan fingerprint density at radius 3 is 2.25 bits per heavy atom. The van der Waals surface area contributed by atoms with E-state index in [4.69, 9.17) is 5.11 Å². The van der Waals surface area contributed by atoms with E-state index < -0.39 is 12.3 Å². The van der Waals surface area contributed by atoms with E-state index in [0.717, 1.165) is 6.08 Å². The number of ether oxygens (including phenoxy) is 1. The zero-order valence-corrected chi connectivity index (χ0v) is 7.86. The van der Waals surface area contributed by atoms with E-state index in [1.807, 2.05) is 0 Å². The van der Waals surface area contributed by atoms with Gasteiger partial charge in [0.2, 0.25) is 0 Å². The van der Waals surface area contributed by atoms with Gasteiger partial charge in [-0.3, -0.25) is 0 Å². The van der Waals surface area contributed by atoms with Crippen molar-refractivity contribution in [2.45, 2.75) is 6.36 Å². The third kappa shape index (κ3) is 4.04. The van der Waals surface area contributed by atoms with Crippen molar-refractivity contribution in [1.82, 2.24) is 0 Å². The Morgan fingerprint density at radius 1 is 1.25 bits per heavy atom. The quantitative estimate of drug-likeness (QED) is 0.815. The molecular formula is C10H7F3O3. The number of alkyl halides is 3. The first-order valence-corrected chi connectivity index (χ1v) is 4.13. The van der Waals surface area contributed by atoms with Crippen molar-refractivity contribution >= 4 is 12.0 Å². The van der Waals surface area contributed by atoms with Gasteiger partial charge >= 0.3 is 12.3 Å². The molecule has 0 spiro atoms. The molecule has 16 heavy (non-hydrogen) atoms. The molecule has 0 aromatic heterocycles. The Balaban J connectivity index is 2.65. The summed E-state index contributed by atoms with van der Waals surface area (Å²) in [7, 11) is 0. The maximum absolute atomic E-state index is 11.6. The summed E-state index contributed by atoms with van der Waals surface area (Å²) in [4.78, 5) is 10.5. The molecule has 86 valence electrons. The van der Waals surface area contributed by atoms with E-state index in [1.165, 1.54) is 24.3 Å². The molecule has 1 rings (SSSR count). The second-order valence-corrected chi connectivity index (χ2v) is 2.79. The van der Waals surface area contributed by atoms with Crippen LogP contribution in [0, 0.1) is 0 Å². The molecule has 0 aliphatic rings. The number of rotatable bonds is 3. The number of aromatic carboxylic acids is 1. The highest BCUT2D eigenvalue weighted by atomic mass is 19.4. The lowest BCUT2D eigenvalue weighted by Crippen LogP contribution is -2.08. The Kier molecular flexibility index (Phi) is 3.55. The summed E-state index contributed by atoms with van der Waals surface area (Å²) in [5.74, 6) is -1.10. The van der Waals surface area contributed by atoms with Gasteiger partial charge in [0.15, 0.2) is 0 Å². The van der Waals surface area contributed by atoms with Crippen LogP contribution in [0.2, 0.25) is 0 Å². The zero-order chi connectivity index (χ0) is 12.2. The molecule has 0 heterocycles. The van der Waals surface area contributed by atoms with E-state index in [2.05, 4.69) is 4.74 Å². The maximum atomic E-state index is 11.6. The predicted octanol–water partition coefficient (Wildman–Crippen LogP) is 2.89. The first kappa shape index (κ1) is 12.1. The van der Waals surface area contributed by atoms with Crippen LogP contribution in [0.5, 0.6) is 0 Å². The molecule has 0 saturated heterocycles. The molecule has 0 amide bonds. The summed E-state index contributed by atoms with van der Waals surface area (Å²) < 4.78 is 38.1. The summed E-state index contributed by atoms with van der Waals surface area (Å²) in [5, 5.41) is 8.57. The van der Waals surface area contributed by atoms with Crippen LogP contribution < -0.4 is 0 Å². The Labute approximate surface area is 88.8 Å². The van der Waals surface area contributed by atoms with Crippen molar-refractivity contribution in [2.24, 2.45) is 0 Å². The lowest BCUT2D eigenvalue weighted by Gasteiger charge is -2.02. The average Bonchev–Trinajstić information content (AvgIpc) is 2.16. The first-order valence-electron chi connectivity index (χ1n) is 4.13. The fourth-order valence-electron chi connectivity index (χ4n) is 0.927. The van der Waals surface area contributed by atoms with Gasteiger partial charge in [-0.1, -0.05) is 12.1 Å². The number of benzene rings is 1. The lowest BCUT2D eigenvalue weighted by atomic mass is 10.1. The summed E-state index contributed by atoms with van der Waals surface area (Å²) in [6.07, 6.45) is -3.13. The highest BCUT2D eigenvalue weighted by molar-refractivity contribution is 5.87. The largest absolute Gasteiger partial charge is 0.572 e. The second kappa shape index (κ2) is 4.69. The van der Waals surface area contributed by atoms with Gasteiger partial charge in [-0.25, -0.2) is 4.79 Å². The Morgan fingerprint density at radius 2 is 1.81 bits per heavy atom. The van der Waals surface area contributed by atoms with Gasteiger partial charge in [-0.15, -0.1) is 13.2 Å². The minimum Gasteiger partial charge on any atom is -0.478 e. The van der Waals surface area contributed by atoms with E-state index in [-0.39, 0.29) is 5.56 Å². The van der Waals surface area contributed by atoms with Crippen LogP contribution in [-0.4, -0.2) is 17.4 Å². The third-order valence-corrected chi connectivity index (χ3v) is 1.62. The average molecular weight is 232 g/mol. The van der Waals surface area contributed by atoms with E-state index in [0.29, 0.717) is 11.8 Å². The molecule has 0 atom stereocenters. The minimum atomic E-state index is -4.71. The van der Waals surface area contributed by atoms with Gasteiger partial charge in [-0.2, -0.15) is 0 Å². The monoisotopic (exact) mass is 232 g/mol. The van der Waals surface area contributed by atoms with Crippen LogP contribution >= 0.6 is 0 Å². The second-order valence-electron chi connectivity index (χ2n) is 2.79. The smallest absolute Gasteiger partial charge is 0.478 e. The molecule has 6 heteroatoms. The number of carboxylic acids is 1. The van der Waals surface area contributed by atoms with Crippen LogP contribution in [0.3, 0.4) is 0 Å². The van der Waals surface area contributed by atoms with Crippen LogP contribution in [0.4, 0.5) is 13.2 Å². The molecule has 1 N–H and O–H groups in total. The van der Waals surface area contributed by atoms with E-state index in [9.17, 15) is 18.0 Å². The van der Waals surface area contributed by atoms with Crippen LogP contribution in [-0.2, 0) is 4.74 Å². The molecule has 0 bridgehead atoms. The number of carbonyl (C=O) groups is 1.